The lowest BCUT2D eigenvalue weighted by Crippen LogP contribution is -2.32. The number of hydrogen-bond acceptors (Lipinski definition) is 6. The average molecular weight is 267 g/mol. The predicted molar refractivity (Wildman–Crippen MR) is 72.3 cm³/mol. The third kappa shape index (κ3) is 5.11. The third-order valence-electron chi connectivity index (χ3n) is 2.30. The Labute approximate surface area is 113 Å². The van der Waals surface area contributed by atoms with Crippen LogP contribution in [0.15, 0.2) is 12.3 Å². The number of nitrogens with zero attached hydrogens (tertiary/aromatic N) is 3. The molecule has 0 saturated heterocycles. The van der Waals surface area contributed by atoms with Gasteiger partial charge in [0, 0.05) is 18.8 Å². The first-order chi connectivity index (χ1) is 9.06. The van der Waals surface area contributed by atoms with Gasteiger partial charge in [-0.25, -0.2) is 4.98 Å². The van der Waals surface area contributed by atoms with Gasteiger partial charge in [-0.05, 0) is 20.3 Å². The lowest BCUT2D eigenvalue weighted by molar-refractivity contribution is -0.139. The molecule has 0 fully saturated rings. The summed E-state index contributed by atoms with van der Waals surface area (Å²) in [6.07, 6.45) is 2.55. The number of methoxy groups -OCH3 is 1. The summed E-state index contributed by atoms with van der Waals surface area (Å²) >= 11 is 0. The van der Waals surface area contributed by atoms with Crippen LogP contribution >= 0.6 is 0 Å². The molecule has 6 heteroatoms. The fourth-order valence-electron chi connectivity index (χ4n) is 1.53. The lowest BCUT2D eigenvalue weighted by atomic mass is 10.4. The summed E-state index contributed by atoms with van der Waals surface area (Å²) in [5.74, 6) is 0.670. The molecule has 0 aliphatic rings. The highest BCUT2D eigenvalue weighted by Gasteiger charge is 2.14. The quantitative estimate of drug-likeness (QED) is 0.700. The maximum atomic E-state index is 11.4. The van der Waals surface area contributed by atoms with E-state index >= 15 is 0 Å². The van der Waals surface area contributed by atoms with E-state index in [0.29, 0.717) is 18.4 Å². The zero-order valence-corrected chi connectivity index (χ0v) is 11.9. The molecule has 19 heavy (non-hydrogen) atoms. The van der Waals surface area contributed by atoms with Gasteiger partial charge in [0.05, 0.1) is 13.2 Å². The summed E-state index contributed by atoms with van der Waals surface area (Å²) in [6.45, 7) is 6.70. The molecule has 106 valence electrons. The standard InChI is InChI=1S/C13H21N3O3/c1-5-8-16(9-12(17)18-4)13-14-7-6-11(15-13)19-10(2)3/h6-7,10H,5,8-9H2,1-4H3. The van der Waals surface area contributed by atoms with Crippen molar-refractivity contribution in [3.63, 3.8) is 0 Å². The van der Waals surface area contributed by atoms with Crippen molar-refractivity contribution in [3.05, 3.63) is 12.3 Å². The maximum Gasteiger partial charge on any atom is 0.325 e. The minimum Gasteiger partial charge on any atom is -0.475 e. The first-order valence-corrected chi connectivity index (χ1v) is 6.38. The molecule has 0 spiro atoms. The molecule has 0 amide bonds. The van der Waals surface area contributed by atoms with Crippen molar-refractivity contribution >= 4 is 11.9 Å². The van der Waals surface area contributed by atoms with E-state index in [1.165, 1.54) is 7.11 Å². The zero-order valence-electron chi connectivity index (χ0n) is 11.9. The van der Waals surface area contributed by atoms with Crippen LogP contribution in [0.25, 0.3) is 0 Å². The van der Waals surface area contributed by atoms with Crippen molar-refractivity contribution in [2.75, 3.05) is 25.1 Å². The topological polar surface area (TPSA) is 64.6 Å². The Morgan fingerprint density at radius 3 is 2.79 bits per heavy atom. The van der Waals surface area contributed by atoms with Crippen molar-refractivity contribution in [1.29, 1.82) is 0 Å². The summed E-state index contributed by atoms with van der Waals surface area (Å²) in [4.78, 5) is 21.6. The molecule has 0 N–H and O–H groups in total. The summed E-state index contributed by atoms with van der Waals surface area (Å²) in [6, 6.07) is 1.70. The Balaban J connectivity index is 2.85. The second-order valence-electron chi connectivity index (χ2n) is 4.36. The van der Waals surface area contributed by atoms with Gasteiger partial charge < -0.3 is 14.4 Å². The number of hydrogen-bond donors (Lipinski definition) is 0. The Bertz CT molecular complexity index is 410. The van der Waals surface area contributed by atoms with Crippen molar-refractivity contribution in [1.82, 2.24) is 9.97 Å². The van der Waals surface area contributed by atoms with E-state index in [-0.39, 0.29) is 18.6 Å². The highest BCUT2D eigenvalue weighted by molar-refractivity contribution is 5.74. The van der Waals surface area contributed by atoms with E-state index in [9.17, 15) is 4.79 Å². The van der Waals surface area contributed by atoms with Crippen LogP contribution in [0.2, 0.25) is 0 Å². The molecule has 0 aromatic carbocycles. The number of carbonyl (C=O) groups excluding carboxylic acids is 1. The molecule has 0 atom stereocenters. The number of esters is 1. The summed E-state index contributed by atoms with van der Waals surface area (Å²) < 4.78 is 10.2. The first kappa shape index (κ1) is 15.2. The number of carbonyl (C=O) groups is 1. The van der Waals surface area contributed by atoms with Crippen LogP contribution in [0.3, 0.4) is 0 Å². The molecule has 1 rings (SSSR count). The Morgan fingerprint density at radius 1 is 1.47 bits per heavy atom. The van der Waals surface area contributed by atoms with Crippen LogP contribution in [0, 0.1) is 0 Å². The SMILES string of the molecule is CCCN(CC(=O)OC)c1nccc(OC(C)C)n1. The largest absolute Gasteiger partial charge is 0.475 e. The highest BCUT2D eigenvalue weighted by atomic mass is 16.5. The van der Waals surface area contributed by atoms with Gasteiger partial charge in [0.15, 0.2) is 0 Å². The second kappa shape index (κ2) is 7.56. The molecule has 1 heterocycles. The van der Waals surface area contributed by atoms with E-state index < -0.39 is 0 Å². The van der Waals surface area contributed by atoms with Crippen LogP contribution in [0.4, 0.5) is 5.95 Å². The average Bonchev–Trinajstić information content (AvgIpc) is 2.37. The monoisotopic (exact) mass is 267 g/mol. The zero-order chi connectivity index (χ0) is 14.3. The third-order valence-corrected chi connectivity index (χ3v) is 2.30. The first-order valence-electron chi connectivity index (χ1n) is 6.38. The number of rotatable bonds is 7. The summed E-state index contributed by atoms with van der Waals surface area (Å²) in [5.41, 5.74) is 0. The van der Waals surface area contributed by atoms with Gasteiger partial charge in [-0.2, -0.15) is 4.98 Å². The van der Waals surface area contributed by atoms with Crippen molar-refractivity contribution in [2.45, 2.75) is 33.3 Å². The van der Waals surface area contributed by atoms with Gasteiger partial charge >= 0.3 is 5.97 Å². The molecule has 0 saturated carbocycles. The number of anilines is 1. The van der Waals surface area contributed by atoms with Gasteiger partial charge in [0.2, 0.25) is 11.8 Å². The molecular formula is C13H21N3O3. The molecular weight excluding hydrogens is 246 g/mol. The molecule has 6 nitrogen and oxygen atoms in total. The molecule has 0 unspecified atom stereocenters. The van der Waals surface area contributed by atoms with Crippen molar-refractivity contribution < 1.29 is 14.3 Å². The van der Waals surface area contributed by atoms with Crippen molar-refractivity contribution in [3.8, 4) is 5.88 Å². The van der Waals surface area contributed by atoms with Crippen LogP contribution in [-0.2, 0) is 9.53 Å². The van der Waals surface area contributed by atoms with E-state index in [2.05, 4.69) is 14.7 Å². The smallest absolute Gasteiger partial charge is 0.325 e. The normalized spacial score (nSPS) is 10.4. The van der Waals surface area contributed by atoms with Gasteiger partial charge in [-0.1, -0.05) is 6.92 Å². The van der Waals surface area contributed by atoms with Gasteiger partial charge in [-0.15, -0.1) is 0 Å². The second-order valence-corrected chi connectivity index (χ2v) is 4.36. The van der Waals surface area contributed by atoms with E-state index in [0.717, 1.165) is 6.42 Å². The molecule has 0 radical (unpaired) electrons. The highest BCUT2D eigenvalue weighted by Crippen LogP contribution is 2.14. The van der Waals surface area contributed by atoms with Crippen LogP contribution < -0.4 is 9.64 Å². The van der Waals surface area contributed by atoms with Gasteiger partial charge in [0.1, 0.15) is 6.54 Å². The minimum atomic E-state index is -0.313. The summed E-state index contributed by atoms with van der Waals surface area (Å²) in [5, 5.41) is 0. The molecule has 0 aliphatic carbocycles. The summed E-state index contributed by atoms with van der Waals surface area (Å²) in [7, 11) is 1.37. The Morgan fingerprint density at radius 2 is 2.21 bits per heavy atom. The fraction of sp³-hybridized carbons (Fsp3) is 0.615. The predicted octanol–water partition coefficient (Wildman–Crippen LogP) is 1.65. The Kier molecular flexibility index (Phi) is 6.05. The van der Waals surface area contributed by atoms with E-state index in [1.807, 2.05) is 20.8 Å². The number of aromatic nitrogens is 2. The van der Waals surface area contributed by atoms with Crippen molar-refractivity contribution in [2.24, 2.45) is 0 Å². The van der Waals surface area contributed by atoms with Crippen LogP contribution in [0.1, 0.15) is 27.2 Å². The molecule has 1 aromatic heterocycles. The molecule has 0 aliphatic heterocycles. The van der Waals surface area contributed by atoms with Crippen LogP contribution in [0.5, 0.6) is 5.88 Å². The fourth-order valence-corrected chi connectivity index (χ4v) is 1.53. The molecule has 1 aromatic rings. The van der Waals surface area contributed by atoms with E-state index in [4.69, 9.17) is 4.74 Å². The number of ether oxygens (including phenoxy) is 2. The van der Waals surface area contributed by atoms with Crippen LogP contribution in [-0.4, -0.2) is 42.2 Å². The van der Waals surface area contributed by atoms with Gasteiger partial charge in [-0.3, -0.25) is 4.79 Å². The van der Waals surface area contributed by atoms with Gasteiger partial charge in [0.25, 0.3) is 0 Å². The minimum absolute atomic E-state index is 0.0444. The lowest BCUT2D eigenvalue weighted by Gasteiger charge is -2.21. The Hall–Kier alpha value is -1.85. The maximum absolute atomic E-state index is 11.4. The molecule has 0 bridgehead atoms. The van der Waals surface area contributed by atoms with E-state index in [1.54, 1.807) is 17.2 Å².